The minimum atomic E-state index is -0.527. The van der Waals surface area contributed by atoms with Crippen molar-refractivity contribution >= 4 is 5.91 Å². The topological polar surface area (TPSA) is 64.3 Å². The lowest BCUT2D eigenvalue weighted by atomic mass is 9.85. The predicted octanol–water partition coefficient (Wildman–Crippen LogP) is 0.265. The molecule has 0 bridgehead atoms. The summed E-state index contributed by atoms with van der Waals surface area (Å²) in [7, 11) is 0. The van der Waals surface area contributed by atoms with Crippen LogP contribution in [0.4, 0.5) is 0 Å². The Morgan fingerprint density at radius 3 is 2.87 bits per heavy atom. The zero-order valence-corrected chi connectivity index (χ0v) is 9.45. The molecular formula is C11H20N2O2. The first-order chi connectivity index (χ1) is 7.08. The maximum atomic E-state index is 12.0. The van der Waals surface area contributed by atoms with Crippen LogP contribution in [0.15, 0.2) is 0 Å². The molecular weight excluding hydrogens is 192 g/mol. The first kappa shape index (κ1) is 10.9. The first-order valence-corrected chi connectivity index (χ1v) is 5.72. The molecule has 15 heavy (non-hydrogen) atoms. The van der Waals surface area contributed by atoms with Crippen molar-refractivity contribution in [2.75, 3.05) is 13.2 Å². The largest absolute Gasteiger partial charge is 0.379 e. The summed E-state index contributed by atoms with van der Waals surface area (Å²) in [5.41, 5.74) is 5.36. The number of carbonyl (C=O) groups excluding carboxylic acids is 1. The Labute approximate surface area is 90.5 Å². The number of rotatable bonds is 3. The highest BCUT2D eigenvalue weighted by Gasteiger charge is 2.47. The van der Waals surface area contributed by atoms with E-state index in [0.717, 1.165) is 12.8 Å². The average Bonchev–Trinajstić information content (AvgIpc) is 2.87. The number of carbonyl (C=O) groups is 1. The van der Waals surface area contributed by atoms with Crippen molar-refractivity contribution in [3.8, 4) is 0 Å². The summed E-state index contributed by atoms with van der Waals surface area (Å²) in [6, 6.07) is 0.212. The van der Waals surface area contributed by atoms with Gasteiger partial charge in [-0.05, 0) is 19.3 Å². The van der Waals surface area contributed by atoms with Gasteiger partial charge in [-0.1, -0.05) is 13.3 Å². The number of nitrogens with two attached hydrogens (primary N) is 1. The maximum Gasteiger partial charge on any atom is 0.230 e. The number of hydrogen-bond acceptors (Lipinski definition) is 3. The van der Waals surface area contributed by atoms with Crippen LogP contribution in [0.2, 0.25) is 0 Å². The molecule has 1 saturated heterocycles. The van der Waals surface area contributed by atoms with Gasteiger partial charge in [0, 0.05) is 12.1 Å². The van der Waals surface area contributed by atoms with E-state index in [0.29, 0.717) is 25.2 Å². The second-order valence-electron chi connectivity index (χ2n) is 5.02. The molecule has 3 N–H and O–H groups in total. The highest BCUT2D eigenvalue weighted by atomic mass is 16.5. The van der Waals surface area contributed by atoms with Gasteiger partial charge in [-0.3, -0.25) is 4.79 Å². The number of nitrogens with one attached hydrogen (secondary N) is 1. The van der Waals surface area contributed by atoms with Gasteiger partial charge >= 0.3 is 0 Å². The third kappa shape index (κ3) is 1.88. The summed E-state index contributed by atoms with van der Waals surface area (Å²) in [6.45, 7) is 4.99. The van der Waals surface area contributed by atoms with Crippen LogP contribution in [-0.2, 0) is 9.53 Å². The van der Waals surface area contributed by atoms with Crippen LogP contribution in [0.3, 0.4) is 0 Å². The SMILES string of the molecule is CCC1CC1NC(=O)C1(C)COCC1N. The standard InChI is InChI=1S/C11H20N2O2/c1-3-7-4-8(7)13-10(14)11(2)6-15-5-9(11)12/h7-9H,3-6,12H2,1-2H3,(H,13,14). The predicted molar refractivity (Wildman–Crippen MR) is 57.2 cm³/mol. The molecule has 1 aliphatic heterocycles. The molecule has 2 aliphatic rings. The summed E-state index contributed by atoms with van der Waals surface area (Å²) in [5.74, 6) is 0.740. The van der Waals surface area contributed by atoms with Crippen LogP contribution in [-0.4, -0.2) is 31.2 Å². The molecule has 0 aromatic heterocycles. The van der Waals surface area contributed by atoms with E-state index >= 15 is 0 Å². The zero-order valence-electron chi connectivity index (χ0n) is 9.45. The second kappa shape index (κ2) is 3.76. The summed E-state index contributed by atoms with van der Waals surface area (Å²) in [5, 5.41) is 3.07. The lowest BCUT2D eigenvalue weighted by molar-refractivity contribution is -0.130. The van der Waals surface area contributed by atoms with Crippen molar-refractivity contribution in [1.29, 1.82) is 0 Å². The van der Waals surface area contributed by atoms with Crippen molar-refractivity contribution in [1.82, 2.24) is 5.32 Å². The molecule has 4 atom stereocenters. The maximum absolute atomic E-state index is 12.0. The highest BCUT2D eigenvalue weighted by molar-refractivity contribution is 5.84. The molecule has 0 aromatic carbocycles. The van der Waals surface area contributed by atoms with Crippen molar-refractivity contribution in [3.05, 3.63) is 0 Å². The van der Waals surface area contributed by atoms with Crippen molar-refractivity contribution < 1.29 is 9.53 Å². The molecule has 2 rings (SSSR count). The summed E-state index contributed by atoms with van der Waals surface area (Å²) >= 11 is 0. The summed E-state index contributed by atoms with van der Waals surface area (Å²) in [4.78, 5) is 12.0. The molecule has 0 aromatic rings. The van der Waals surface area contributed by atoms with Gasteiger partial charge in [0.15, 0.2) is 0 Å². The third-order valence-electron chi connectivity index (χ3n) is 3.80. The molecule has 1 aliphatic carbocycles. The monoisotopic (exact) mass is 212 g/mol. The molecule has 4 heteroatoms. The van der Waals surface area contributed by atoms with Crippen LogP contribution < -0.4 is 11.1 Å². The van der Waals surface area contributed by atoms with Gasteiger partial charge < -0.3 is 15.8 Å². The fourth-order valence-electron chi connectivity index (χ4n) is 2.13. The second-order valence-corrected chi connectivity index (χ2v) is 5.02. The summed E-state index contributed by atoms with van der Waals surface area (Å²) in [6.07, 6.45) is 2.26. The van der Waals surface area contributed by atoms with Crippen LogP contribution in [0.25, 0.3) is 0 Å². The van der Waals surface area contributed by atoms with Crippen LogP contribution in [0.1, 0.15) is 26.7 Å². The Morgan fingerprint density at radius 2 is 2.40 bits per heavy atom. The molecule has 2 fully saturated rings. The quantitative estimate of drug-likeness (QED) is 0.705. The van der Waals surface area contributed by atoms with Gasteiger partial charge in [0.05, 0.1) is 18.6 Å². The molecule has 1 saturated carbocycles. The fraction of sp³-hybridized carbons (Fsp3) is 0.909. The van der Waals surface area contributed by atoms with Crippen LogP contribution >= 0.6 is 0 Å². The molecule has 1 amide bonds. The van der Waals surface area contributed by atoms with E-state index < -0.39 is 5.41 Å². The molecule has 4 unspecified atom stereocenters. The molecule has 0 radical (unpaired) electrons. The molecule has 86 valence electrons. The van der Waals surface area contributed by atoms with E-state index in [1.807, 2.05) is 6.92 Å². The zero-order chi connectivity index (χ0) is 11.1. The van der Waals surface area contributed by atoms with Crippen LogP contribution in [0, 0.1) is 11.3 Å². The van der Waals surface area contributed by atoms with Gasteiger partial charge in [-0.2, -0.15) is 0 Å². The Hall–Kier alpha value is -0.610. The van der Waals surface area contributed by atoms with E-state index in [9.17, 15) is 4.79 Å². The van der Waals surface area contributed by atoms with Gasteiger partial charge in [-0.25, -0.2) is 0 Å². The van der Waals surface area contributed by atoms with Crippen molar-refractivity contribution in [2.24, 2.45) is 17.1 Å². The fourth-order valence-corrected chi connectivity index (χ4v) is 2.13. The number of amides is 1. The Balaban J connectivity index is 1.90. The minimum Gasteiger partial charge on any atom is -0.379 e. The van der Waals surface area contributed by atoms with Gasteiger partial charge in [0.1, 0.15) is 0 Å². The van der Waals surface area contributed by atoms with Gasteiger partial charge in [0.2, 0.25) is 5.91 Å². The first-order valence-electron chi connectivity index (χ1n) is 5.72. The van der Waals surface area contributed by atoms with E-state index in [-0.39, 0.29) is 11.9 Å². The number of hydrogen-bond donors (Lipinski definition) is 2. The van der Waals surface area contributed by atoms with Crippen molar-refractivity contribution in [3.63, 3.8) is 0 Å². The third-order valence-corrected chi connectivity index (χ3v) is 3.80. The summed E-state index contributed by atoms with van der Waals surface area (Å²) < 4.78 is 5.26. The Bertz CT molecular complexity index is 269. The van der Waals surface area contributed by atoms with Gasteiger partial charge in [-0.15, -0.1) is 0 Å². The molecule has 0 spiro atoms. The van der Waals surface area contributed by atoms with Crippen LogP contribution in [0.5, 0.6) is 0 Å². The molecule has 4 nitrogen and oxygen atoms in total. The smallest absolute Gasteiger partial charge is 0.230 e. The normalized spacial score (nSPS) is 44.1. The van der Waals surface area contributed by atoms with E-state index in [2.05, 4.69) is 12.2 Å². The van der Waals surface area contributed by atoms with Crippen molar-refractivity contribution in [2.45, 2.75) is 38.8 Å². The van der Waals surface area contributed by atoms with E-state index in [4.69, 9.17) is 10.5 Å². The van der Waals surface area contributed by atoms with E-state index in [1.54, 1.807) is 0 Å². The molecule has 1 heterocycles. The Kier molecular flexibility index (Phi) is 2.73. The highest BCUT2D eigenvalue weighted by Crippen LogP contribution is 2.35. The van der Waals surface area contributed by atoms with Gasteiger partial charge in [0.25, 0.3) is 0 Å². The lowest BCUT2D eigenvalue weighted by Gasteiger charge is -2.25. The Morgan fingerprint density at radius 1 is 1.67 bits per heavy atom. The minimum absolute atomic E-state index is 0.0634. The number of ether oxygens (including phenoxy) is 1. The average molecular weight is 212 g/mol. The lowest BCUT2D eigenvalue weighted by Crippen LogP contribution is -2.50. The van der Waals surface area contributed by atoms with E-state index in [1.165, 1.54) is 0 Å².